The molecule has 18 heavy (non-hydrogen) atoms. The van der Waals surface area contributed by atoms with Crippen LogP contribution in [0.2, 0.25) is 0 Å². The van der Waals surface area contributed by atoms with Crippen LogP contribution in [-0.2, 0) is 4.79 Å². The predicted molar refractivity (Wildman–Crippen MR) is 68.8 cm³/mol. The van der Waals surface area contributed by atoms with E-state index in [9.17, 15) is 9.18 Å². The minimum absolute atomic E-state index is 0.0140. The van der Waals surface area contributed by atoms with Crippen molar-refractivity contribution in [3.8, 4) is 0 Å². The van der Waals surface area contributed by atoms with Crippen molar-refractivity contribution in [2.24, 2.45) is 5.73 Å². The summed E-state index contributed by atoms with van der Waals surface area (Å²) in [7, 11) is 1.77. The molecule has 5 heteroatoms. The first-order chi connectivity index (χ1) is 8.54. The maximum Gasteiger partial charge on any atom is 0.246 e. The number of hydrogen-bond donors (Lipinski definition) is 1. The lowest BCUT2D eigenvalue weighted by Gasteiger charge is -2.44. The molecule has 2 atom stereocenters. The van der Waals surface area contributed by atoms with E-state index < -0.39 is 6.04 Å². The van der Waals surface area contributed by atoms with E-state index in [1.54, 1.807) is 24.1 Å². The van der Waals surface area contributed by atoms with Crippen molar-refractivity contribution in [3.05, 3.63) is 30.1 Å². The third kappa shape index (κ3) is 2.18. The number of piperazine rings is 1. The number of amides is 1. The molecule has 1 aromatic rings. The van der Waals surface area contributed by atoms with Gasteiger partial charge in [0.25, 0.3) is 0 Å². The Kier molecular flexibility index (Phi) is 3.52. The maximum atomic E-state index is 13.3. The number of rotatable bonds is 2. The Balaban J connectivity index is 2.37. The lowest BCUT2D eigenvalue weighted by molar-refractivity contribution is -0.133. The fourth-order valence-electron chi connectivity index (χ4n) is 2.54. The fraction of sp³-hybridized carbons (Fsp3) is 0.462. The molecule has 1 fully saturated rings. The Morgan fingerprint density at radius 3 is 2.83 bits per heavy atom. The minimum atomic E-state index is -0.416. The normalized spacial score (nSPS) is 24.6. The molecule has 0 aliphatic carbocycles. The number of likely N-dealkylation sites (N-methyl/N-ethyl adjacent to an activating group) is 1. The molecule has 1 saturated heterocycles. The van der Waals surface area contributed by atoms with Crippen molar-refractivity contribution >= 4 is 11.6 Å². The molecule has 1 aliphatic rings. The molecule has 1 aromatic carbocycles. The van der Waals surface area contributed by atoms with Crippen LogP contribution < -0.4 is 10.6 Å². The van der Waals surface area contributed by atoms with Gasteiger partial charge in [0.1, 0.15) is 11.9 Å². The summed E-state index contributed by atoms with van der Waals surface area (Å²) in [6, 6.07) is 5.99. The van der Waals surface area contributed by atoms with Gasteiger partial charge < -0.3 is 15.5 Å². The zero-order valence-corrected chi connectivity index (χ0v) is 10.6. The van der Waals surface area contributed by atoms with Gasteiger partial charge in [-0.2, -0.15) is 0 Å². The third-order valence-corrected chi connectivity index (χ3v) is 3.34. The molecule has 0 radical (unpaired) electrons. The standard InChI is InChI=1S/C13H18FN3O/c1-9-8-16(2)13(18)12(7-15)17(9)11-5-3-4-10(14)6-11/h3-6,9,12H,7-8,15H2,1-2H3. The Labute approximate surface area is 106 Å². The molecule has 2 rings (SSSR count). The number of carbonyl (C=O) groups excluding carboxylic acids is 1. The molecule has 0 bridgehead atoms. The molecule has 1 amide bonds. The first kappa shape index (κ1) is 12.8. The second-order valence-electron chi connectivity index (χ2n) is 4.71. The molecule has 1 heterocycles. The second-order valence-corrected chi connectivity index (χ2v) is 4.71. The molecule has 2 N–H and O–H groups in total. The van der Waals surface area contributed by atoms with Crippen LogP contribution in [0.5, 0.6) is 0 Å². The molecular formula is C13H18FN3O. The summed E-state index contributed by atoms with van der Waals surface area (Å²) in [5.41, 5.74) is 6.41. The zero-order chi connectivity index (χ0) is 13.3. The minimum Gasteiger partial charge on any atom is -0.354 e. The smallest absolute Gasteiger partial charge is 0.246 e. The van der Waals surface area contributed by atoms with Gasteiger partial charge in [-0.25, -0.2) is 4.39 Å². The fourth-order valence-corrected chi connectivity index (χ4v) is 2.54. The van der Waals surface area contributed by atoms with E-state index in [-0.39, 0.29) is 24.3 Å². The van der Waals surface area contributed by atoms with Crippen LogP contribution in [-0.4, -0.2) is 43.0 Å². The van der Waals surface area contributed by atoms with Crippen molar-refractivity contribution in [3.63, 3.8) is 0 Å². The molecule has 0 aromatic heterocycles. The number of hydrogen-bond acceptors (Lipinski definition) is 3. The van der Waals surface area contributed by atoms with Crippen molar-refractivity contribution in [2.45, 2.75) is 19.0 Å². The summed E-state index contributed by atoms with van der Waals surface area (Å²) in [5, 5.41) is 0. The lowest BCUT2D eigenvalue weighted by Crippen LogP contribution is -2.62. The van der Waals surface area contributed by atoms with E-state index in [0.717, 1.165) is 0 Å². The van der Waals surface area contributed by atoms with Gasteiger partial charge in [-0.15, -0.1) is 0 Å². The highest BCUT2D eigenvalue weighted by Crippen LogP contribution is 2.25. The van der Waals surface area contributed by atoms with Crippen LogP contribution in [0.3, 0.4) is 0 Å². The van der Waals surface area contributed by atoms with E-state index in [1.165, 1.54) is 12.1 Å². The monoisotopic (exact) mass is 251 g/mol. The first-order valence-electron chi connectivity index (χ1n) is 6.03. The molecule has 4 nitrogen and oxygen atoms in total. The maximum absolute atomic E-state index is 13.3. The van der Waals surface area contributed by atoms with Gasteiger partial charge in [-0.3, -0.25) is 4.79 Å². The SMILES string of the molecule is CC1CN(C)C(=O)C(CN)N1c1cccc(F)c1. The van der Waals surface area contributed by atoms with Crippen molar-refractivity contribution in [1.82, 2.24) is 4.90 Å². The van der Waals surface area contributed by atoms with Gasteiger partial charge in [0.15, 0.2) is 0 Å². The van der Waals surface area contributed by atoms with E-state index in [4.69, 9.17) is 5.73 Å². The van der Waals surface area contributed by atoms with E-state index in [1.807, 2.05) is 11.8 Å². The zero-order valence-electron chi connectivity index (χ0n) is 10.6. The molecule has 1 aliphatic heterocycles. The van der Waals surface area contributed by atoms with Crippen LogP contribution in [0.15, 0.2) is 24.3 Å². The summed E-state index contributed by atoms with van der Waals surface area (Å²) in [6.45, 7) is 2.85. The molecule has 98 valence electrons. The number of nitrogens with zero attached hydrogens (tertiary/aromatic N) is 2. The second kappa shape index (κ2) is 4.94. The molecule has 0 saturated carbocycles. The Morgan fingerprint density at radius 1 is 1.50 bits per heavy atom. The van der Waals surface area contributed by atoms with Gasteiger partial charge in [0.05, 0.1) is 0 Å². The Bertz CT molecular complexity index is 452. The van der Waals surface area contributed by atoms with E-state index in [0.29, 0.717) is 12.2 Å². The average molecular weight is 251 g/mol. The predicted octanol–water partition coefficient (Wildman–Crippen LogP) is 0.820. The summed E-state index contributed by atoms with van der Waals surface area (Å²) >= 11 is 0. The number of halogens is 1. The summed E-state index contributed by atoms with van der Waals surface area (Å²) in [4.78, 5) is 15.7. The molecule has 0 spiro atoms. The number of nitrogens with two attached hydrogens (primary N) is 1. The van der Waals surface area contributed by atoms with Crippen LogP contribution in [0.4, 0.5) is 10.1 Å². The summed E-state index contributed by atoms with van der Waals surface area (Å²) in [6.07, 6.45) is 0. The molecule has 2 unspecified atom stereocenters. The van der Waals surface area contributed by atoms with Crippen molar-refractivity contribution < 1.29 is 9.18 Å². The van der Waals surface area contributed by atoms with Crippen LogP contribution >= 0.6 is 0 Å². The number of anilines is 1. The van der Waals surface area contributed by atoms with Crippen LogP contribution in [0.1, 0.15) is 6.92 Å². The quantitative estimate of drug-likeness (QED) is 0.846. The molecular weight excluding hydrogens is 233 g/mol. The van der Waals surface area contributed by atoms with Gasteiger partial charge in [0, 0.05) is 31.9 Å². The van der Waals surface area contributed by atoms with Crippen molar-refractivity contribution in [2.75, 3.05) is 25.0 Å². The highest BCUT2D eigenvalue weighted by atomic mass is 19.1. The van der Waals surface area contributed by atoms with Crippen LogP contribution in [0.25, 0.3) is 0 Å². The summed E-state index contributed by atoms with van der Waals surface area (Å²) < 4.78 is 13.3. The van der Waals surface area contributed by atoms with Gasteiger partial charge in [-0.05, 0) is 25.1 Å². The summed E-state index contributed by atoms with van der Waals surface area (Å²) in [5.74, 6) is -0.318. The lowest BCUT2D eigenvalue weighted by atomic mass is 10.0. The largest absolute Gasteiger partial charge is 0.354 e. The average Bonchev–Trinajstić information content (AvgIpc) is 2.33. The first-order valence-corrected chi connectivity index (χ1v) is 6.03. The van der Waals surface area contributed by atoms with Crippen LogP contribution in [0, 0.1) is 5.82 Å². The topological polar surface area (TPSA) is 49.6 Å². The Hall–Kier alpha value is -1.62. The van der Waals surface area contributed by atoms with Gasteiger partial charge >= 0.3 is 0 Å². The van der Waals surface area contributed by atoms with E-state index >= 15 is 0 Å². The Morgan fingerprint density at radius 2 is 2.22 bits per heavy atom. The van der Waals surface area contributed by atoms with E-state index in [2.05, 4.69) is 0 Å². The van der Waals surface area contributed by atoms with Crippen molar-refractivity contribution in [1.29, 1.82) is 0 Å². The third-order valence-electron chi connectivity index (χ3n) is 3.34. The highest BCUT2D eigenvalue weighted by Gasteiger charge is 2.36. The van der Waals surface area contributed by atoms with Gasteiger partial charge in [-0.1, -0.05) is 6.07 Å². The highest BCUT2D eigenvalue weighted by molar-refractivity contribution is 5.87. The van der Waals surface area contributed by atoms with Gasteiger partial charge in [0.2, 0.25) is 5.91 Å². The number of benzene rings is 1. The number of carbonyl (C=O) groups is 1.